The highest BCUT2D eigenvalue weighted by molar-refractivity contribution is 5.95. The van der Waals surface area contributed by atoms with Crippen molar-refractivity contribution in [3.63, 3.8) is 0 Å². The summed E-state index contributed by atoms with van der Waals surface area (Å²) in [7, 11) is 2.64. The number of ether oxygens (including phenoxy) is 2. The van der Waals surface area contributed by atoms with E-state index in [1.807, 2.05) is 4.90 Å². The maximum Gasteiger partial charge on any atom is 0.337 e. The third-order valence-electron chi connectivity index (χ3n) is 9.76. The van der Waals surface area contributed by atoms with Crippen LogP contribution in [0.25, 0.3) is 0 Å². The predicted octanol–water partition coefficient (Wildman–Crippen LogP) is 4.43. The molecule has 3 aliphatic rings. The predicted molar refractivity (Wildman–Crippen MR) is 169 cm³/mol. The zero-order valence-electron chi connectivity index (χ0n) is 26.5. The molecule has 11 nitrogen and oxygen atoms in total. The highest BCUT2D eigenvalue weighted by atomic mass is 16.6. The van der Waals surface area contributed by atoms with Crippen LogP contribution in [0.5, 0.6) is 0 Å². The fourth-order valence-electron chi connectivity index (χ4n) is 7.62. The van der Waals surface area contributed by atoms with Crippen LogP contribution in [-0.4, -0.2) is 92.6 Å². The number of likely N-dealkylation sites (tertiary alicyclic amines) is 1. The van der Waals surface area contributed by atoms with Gasteiger partial charge in [0.1, 0.15) is 0 Å². The minimum atomic E-state index is -0.496. The van der Waals surface area contributed by atoms with Gasteiger partial charge in [-0.3, -0.25) is 14.9 Å². The maximum absolute atomic E-state index is 14.1. The number of nitro benzene ring substituents is 1. The number of hydrogen-bond donors (Lipinski definition) is 0. The number of fused-ring (bicyclic) bond motifs is 1. The molecule has 0 aromatic heterocycles. The first-order valence-corrected chi connectivity index (χ1v) is 16.0. The number of nitrogens with zero attached hydrogens (tertiary/aromatic N) is 4. The van der Waals surface area contributed by atoms with Gasteiger partial charge in [0.2, 0.25) is 5.91 Å². The average Bonchev–Trinajstić information content (AvgIpc) is 3.06. The highest BCUT2D eigenvalue weighted by Gasteiger charge is 2.43. The number of amides is 1. The van der Waals surface area contributed by atoms with Gasteiger partial charge >= 0.3 is 11.9 Å². The van der Waals surface area contributed by atoms with E-state index in [2.05, 4.69) is 16.7 Å². The first-order valence-electron chi connectivity index (χ1n) is 16.0. The fraction of sp³-hybridized carbons (Fsp3) is 0.559. The Hall–Kier alpha value is -3.99. The lowest BCUT2D eigenvalue weighted by molar-refractivity contribution is -0.384. The fourth-order valence-corrected chi connectivity index (χ4v) is 7.62. The molecule has 2 heterocycles. The molecule has 0 N–H and O–H groups in total. The summed E-state index contributed by atoms with van der Waals surface area (Å²) in [4.78, 5) is 55.9. The van der Waals surface area contributed by atoms with Crippen LogP contribution in [0.1, 0.15) is 58.9 Å². The average molecular weight is 621 g/mol. The minimum Gasteiger partial charge on any atom is -0.465 e. The molecule has 1 saturated carbocycles. The van der Waals surface area contributed by atoms with Crippen molar-refractivity contribution in [3.05, 3.63) is 69.3 Å². The summed E-state index contributed by atoms with van der Waals surface area (Å²) < 4.78 is 9.80. The Labute approximate surface area is 264 Å². The van der Waals surface area contributed by atoms with Crippen LogP contribution in [0.2, 0.25) is 0 Å². The van der Waals surface area contributed by atoms with Gasteiger partial charge in [-0.15, -0.1) is 0 Å². The summed E-state index contributed by atoms with van der Waals surface area (Å²) in [5.74, 6) is 0.364. The number of nitro groups is 1. The van der Waals surface area contributed by atoms with Gasteiger partial charge < -0.3 is 24.2 Å². The zero-order valence-corrected chi connectivity index (χ0v) is 26.5. The number of carbonyl (C=O) groups is 3. The topological polar surface area (TPSA) is 123 Å². The summed E-state index contributed by atoms with van der Waals surface area (Å²) in [6.45, 7) is 7.39. The first kappa shape index (κ1) is 32.4. The first-order chi connectivity index (χ1) is 21.7. The molecule has 242 valence electrons. The zero-order chi connectivity index (χ0) is 32.1. The normalized spacial score (nSPS) is 22.7. The summed E-state index contributed by atoms with van der Waals surface area (Å²) in [6.07, 6.45) is 5.30. The lowest BCUT2D eigenvalue weighted by Crippen LogP contribution is -2.57. The Bertz CT molecular complexity index is 1360. The quantitative estimate of drug-likeness (QED) is 0.228. The van der Waals surface area contributed by atoms with Crippen LogP contribution in [-0.2, 0) is 20.7 Å². The van der Waals surface area contributed by atoms with E-state index in [-0.39, 0.29) is 23.4 Å². The Kier molecular flexibility index (Phi) is 10.4. The van der Waals surface area contributed by atoms with E-state index in [0.29, 0.717) is 55.6 Å². The van der Waals surface area contributed by atoms with Crippen molar-refractivity contribution in [2.75, 3.05) is 64.9 Å². The molecule has 45 heavy (non-hydrogen) atoms. The van der Waals surface area contributed by atoms with Gasteiger partial charge in [-0.1, -0.05) is 19.8 Å². The number of carbonyl (C=O) groups excluding carboxylic acids is 3. The summed E-state index contributed by atoms with van der Waals surface area (Å²) in [5.41, 5.74) is 2.53. The van der Waals surface area contributed by atoms with Gasteiger partial charge in [0.25, 0.3) is 5.69 Å². The third-order valence-corrected chi connectivity index (χ3v) is 9.76. The van der Waals surface area contributed by atoms with E-state index in [1.54, 1.807) is 24.3 Å². The minimum absolute atomic E-state index is 0.0317. The summed E-state index contributed by atoms with van der Waals surface area (Å²) in [5, 5.41) is 11.0. The molecule has 2 aromatic carbocycles. The van der Waals surface area contributed by atoms with Gasteiger partial charge in [0.05, 0.1) is 36.2 Å². The smallest absolute Gasteiger partial charge is 0.337 e. The van der Waals surface area contributed by atoms with E-state index < -0.39 is 16.9 Å². The molecule has 2 saturated heterocycles. The van der Waals surface area contributed by atoms with Crippen molar-refractivity contribution in [3.8, 4) is 0 Å². The van der Waals surface area contributed by atoms with Crippen LogP contribution >= 0.6 is 0 Å². The van der Waals surface area contributed by atoms with Crippen molar-refractivity contribution in [1.29, 1.82) is 0 Å². The molecule has 5 rings (SSSR count). The molecule has 11 heteroatoms. The van der Waals surface area contributed by atoms with Crippen LogP contribution in [0.4, 0.5) is 11.4 Å². The number of esters is 2. The highest BCUT2D eigenvalue weighted by Crippen LogP contribution is 2.40. The van der Waals surface area contributed by atoms with Crippen molar-refractivity contribution < 1.29 is 28.8 Å². The number of hydrogen-bond acceptors (Lipinski definition) is 9. The van der Waals surface area contributed by atoms with Gasteiger partial charge in [-0.25, -0.2) is 9.59 Å². The Morgan fingerprint density at radius 3 is 2.13 bits per heavy atom. The molecule has 0 bridgehead atoms. The van der Waals surface area contributed by atoms with E-state index in [0.717, 1.165) is 43.7 Å². The third kappa shape index (κ3) is 7.64. The van der Waals surface area contributed by atoms with Crippen molar-refractivity contribution in [1.82, 2.24) is 9.80 Å². The molecule has 0 radical (unpaired) electrons. The molecule has 2 aromatic rings. The Balaban J connectivity index is 1.23. The molecule has 3 fully saturated rings. The van der Waals surface area contributed by atoms with E-state index in [1.165, 1.54) is 45.3 Å². The largest absolute Gasteiger partial charge is 0.465 e. The van der Waals surface area contributed by atoms with Crippen LogP contribution in [0.3, 0.4) is 0 Å². The lowest BCUT2D eigenvalue weighted by Gasteiger charge is -2.48. The van der Waals surface area contributed by atoms with Gasteiger partial charge in [0, 0.05) is 63.6 Å². The molecule has 4 atom stereocenters. The number of piperidine rings is 1. The van der Waals surface area contributed by atoms with Gasteiger partial charge in [-0.05, 0) is 72.9 Å². The molecule has 1 aliphatic carbocycles. The standard InChI is InChI=1S/C34H44N4O7/c1-23(16-24-17-26(33(40)44-2)19-27(18-24)34(41)45-3)20-35-21-25-6-4-5-7-30(25)31(22-35)32(39)37-14-12-36(13-15-37)28-8-10-29(11-9-28)38(42)43/h8-11,17-19,23,25,30-31H,4-7,12-16,20-22H2,1-3H3/t23-,25-,30-,31+/m0/s1. The number of anilines is 1. The van der Waals surface area contributed by atoms with Crippen LogP contribution < -0.4 is 4.90 Å². The second-order valence-corrected chi connectivity index (χ2v) is 12.8. The second-order valence-electron chi connectivity index (χ2n) is 12.8. The number of methoxy groups -OCH3 is 2. The molecule has 0 spiro atoms. The number of benzene rings is 2. The SMILES string of the molecule is COC(=O)c1cc(C[C@H](C)CN2C[C@@H]3CCCC[C@@H]3[C@H](C(=O)N3CCN(c4ccc([N+](=O)[O-])cc4)CC3)C2)cc(C(=O)OC)c1. The molecule has 1 amide bonds. The lowest BCUT2D eigenvalue weighted by atomic mass is 9.69. The summed E-state index contributed by atoms with van der Waals surface area (Å²) >= 11 is 0. The molecule has 0 unspecified atom stereocenters. The van der Waals surface area contributed by atoms with E-state index >= 15 is 0 Å². The summed E-state index contributed by atoms with van der Waals surface area (Å²) in [6, 6.07) is 11.7. The number of non-ortho nitro benzene ring substituents is 1. The monoisotopic (exact) mass is 620 g/mol. The molecule has 2 aliphatic heterocycles. The number of piperazine rings is 1. The van der Waals surface area contributed by atoms with Crippen molar-refractivity contribution in [2.45, 2.75) is 39.0 Å². The Morgan fingerprint density at radius 1 is 0.911 bits per heavy atom. The van der Waals surface area contributed by atoms with Crippen LogP contribution in [0, 0.1) is 33.8 Å². The van der Waals surface area contributed by atoms with Gasteiger partial charge in [0.15, 0.2) is 0 Å². The van der Waals surface area contributed by atoms with Crippen molar-refractivity contribution >= 4 is 29.2 Å². The van der Waals surface area contributed by atoms with Crippen molar-refractivity contribution in [2.24, 2.45) is 23.7 Å². The number of rotatable bonds is 9. The Morgan fingerprint density at radius 2 is 1.53 bits per heavy atom. The van der Waals surface area contributed by atoms with Crippen LogP contribution in [0.15, 0.2) is 42.5 Å². The maximum atomic E-state index is 14.1. The molecular weight excluding hydrogens is 576 g/mol. The van der Waals surface area contributed by atoms with Gasteiger partial charge in [-0.2, -0.15) is 0 Å². The second kappa shape index (κ2) is 14.4. The van der Waals surface area contributed by atoms with E-state index in [4.69, 9.17) is 9.47 Å². The molecular formula is C34H44N4O7. The van der Waals surface area contributed by atoms with E-state index in [9.17, 15) is 24.5 Å².